The Morgan fingerprint density at radius 3 is 3.18 bits per heavy atom. The van der Waals surface area contributed by atoms with Crippen molar-refractivity contribution in [3.63, 3.8) is 0 Å². The normalized spacial score (nSPS) is 22.7. The van der Waals surface area contributed by atoms with Crippen molar-refractivity contribution in [2.24, 2.45) is 0 Å². The van der Waals surface area contributed by atoms with E-state index in [-0.39, 0.29) is 11.7 Å². The highest BCUT2D eigenvalue weighted by atomic mass is 16.2. The Hall–Kier alpha value is -1.39. The van der Waals surface area contributed by atoms with E-state index in [2.05, 4.69) is 15.5 Å². The summed E-state index contributed by atoms with van der Waals surface area (Å²) in [4.78, 5) is 11.0. The van der Waals surface area contributed by atoms with Crippen LogP contribution in [0, 0.1) is 0 Å². The van der Waals surface area contributed by atoms with E-state index < -0.39 is 0 Å². The van der Waals surface area contributed by atoms with E-state index in [1.165, 1.54) is 4.68 Å². The van der Waals surface area contributed by atoms with Gasteiger partial charge in [0, 0.05) is 0 Å². The van der Waals surface area contributed by atoms with E-state index >= 15 is 0 Å². The molecule has 5 heteroatoms. The molecule has 11 heavy (non-hydrogen) atoms. The van der Waals surface area contributed by atoms with Crippen molar-refractivity contribution in [2.75, 3.05) is 0 Å². The molecule has 1 heterocycles. The van der Waals surface area contributed by atoms with Gasteiger partial charge < -0.3 is 0 Å². The lowest BCUT2D eigenvalue weighted by Gasteiger charge is -2.02. The first-order valence-corrected chi connectivity index (χ1v) is 3.54. The summed E-state index contributed by atoms with van der Waals surface area (Å²) in [5, 5.41) is 9.31. The minimum absolute atomic E-state index is 0.112. The molecule has 0 bridgehead atoms. The van der Waals surface area contributed by atoms with Crippen LogP contribution < -0.4 is 5.69 Å². The number of H-pyrrole nitrogens is 1. The van der Waals surface area contributed by atoms with Gasteiger partial charge >= 0.3 is 5.69 Å². The van der Waals surface area contributed by atoms with Gasteiger partial charge in [0.05, 0.1) is 6.04 Å². The van der Waals surface area contributed by atoms with Crippen LogP contribution in [0.3, 0.4) is 0 Å². The fourth-order valence-corrected chi connectivity index (χ4v) is 1.24. The molecule has 1 aromatic heterocycles. The number of allylic oxidation sites excluding steroid dienone is 2. The van der Waals surface area contributed by atoms with Crippen LogP contribution >= 0.6 is 0 Å². The summed E-state index contributed by atoms with van der Waals surface area (Å²) in [6.07, 6.45) is 5.99. The molecule has 2 rings (SSSR count). The second-order valence-corrected chi connectivity index (χ2v) is 2.52. The zero-order chi connectivity index (χ0) is 7.68. The van der Waals surface area contributed by atoms with Crippen LogP contribution in [-0.2, 0) is 0 Å². The second-order valence-electron chi connectivity index (χ2n) is 2.52. The number of rotatable bonds is 1. The lowest BCUT2D eigenvalue weighted by atomic mass is 10.3. The molecule has 58 valence electrons. The molecule has 1 N–H and O–H groups in total. The molecule has 0 radical (unpaired) electrons. The number of hydrogen-bond acceptors (Lipinski definition) is 3. The highest BCUT2D eigenvalue weighted by Crippen LogP contribution is 2.18. The first kappa shape index (κ1) is 6.33. The van der Waals surface area contributed by atoms with Gasteiger partial charge in [-0.25, -0.2) is 9.89 Å². The Bertz CT molecular complexity index is 323. The lowest BCUT2D eigenvalue weighted by molar-refractivity contribution is 0.499. The standard InChI is InChI=1S/C6H8N4O/c11-6-7-8-9-10(6)5-3-1-2-4-5/h1,3,5H,2,4H2,(H,7,9,11). The van der Waals surface area contributed by atoms with E-state index in [0.29, 0.717) is 0 Å². The number of nitrogens with one attached hydrogen (secondary N) is 1. The van der Waals surface area contributed by atoms with Gasteiger partial charge in [-0.3, -0.25) is 0 Å². The fraction of sp³-hybridized carbons (Fsp3) is 0.500. The average Bonchev–Trinajstić information content (AvgIpc) is 2.55. The Morgan fingerprint density at radius 2 is 2.64 bits per heavy atom. The van der Waals surface area contributed by atoms with Crippen molar-refractivity contribution < 1.29 is 0 Å². The zero-order valence-electron chi connectivity index (χ0n) is 5.90. The predicted molar refractivity (Wildman–Crippen MR) is 38.1 cm³/mol. The van der Waals surface area contributed by atoms with E-state index in [1.54, 1.807) is 0 Å². The predicted octanol–water partition coefficient (Wildman–Crippen LogP) is -0.143. The molecule has 0 aliphatic heterocycles. The maximum absolute atomic E-state index is 11.0. The van der Waals surface area contributed by atoms with Gasteiger partial charge in [-0.1, -0.05) is 12.2 Å². The van der Waals surface area contributed by atoms with Gasteiger partial charge in [0.15, 0.2) is 0 Å². The lowest BCUT2D eigenvalue weighted by Crippen LogP contribution is -2.21. The molecular formula is C6H8N4O. The van der Waals surface area contributed by atoms with E-state index in [0.717, 1.165) is 12.8 Å². The molecule has 0 spiro atoms. The van der Waals surface area contributed by atoms with E-state index in [9.17, 15) is 4.79 Å². The first-order chi connectivity index (χ1) is 5.38. The smallest absolute Gasteiger partial charge is 0.244 e. The van der Waals surface area contributed by atoms with Gasteiger partial charge in [0.2, 0.25) is 0 Å². The number of aromatic amines is 1. The van der Waals surface area contributed by atoms with Gasteiger partial charge in [0.25, 0.3) is 0 Å². The molecule has 0 aromatic carbocycles. The Morgan fingerprint density at radius 1 is 1.73 bits per heavy atom. The summed E-state index contributed by atoms with van der Waals surface area (Å²) in [6.45, 7) is 0. The van der Waals surface area contributed by atoms with Crippen molar-refractivity contribution in [3.8, 4) is 0 Å². The van der Waals surface area contributed by atoms with E-state index in [4.69, 9.17) is 0 Å². The second kappa shape index (κ2) is 2.34. The molecule has 0 amide bonds. The molecule has 1 aromatic rings. The van der Waals surface area contributed by atoms with Gasteiger partial charge in [-0.2, -0.15) is 4.68 Å². The molecule has 0 saturated carbocycles. The molecule has 1 atom stereocenters. The van der Waals surface area contributed by atoms with Gasteiger partial charge in [0.1, 0.15) is 0 Å². The van der Waals surface area contributed by atoms with Crippen molar-refractivity contribution in [3.05, 3.63) is 22.6 Å². The van der Waals surface area contributed by atoms with Gasteiger partial charge in [-0.05, 0) is 23.3 Å². The van der Waals surface area contributed by atoms with Crippen LogP contribution in [0.2, 0.25) is 0 Å². The quantitative estimate of drug-likeness (QED) is 0.569. The number of aromatic nitrogens is 4. The van der Waals surface area contributed by atoms with Crippen LogP contribution in [-0.4, -0.2) is 20.2 Å². The van der Waals surface area contributed by atoms with Crippen LogP contribution in [0.5, 0.6) is 0 Å². The topological polar surface area (TPSA) is 63.6 Å². The van der Waals surface area contributed by atoms with Crippen LogP contribution in [0.15, 0.2) is 16.9 Å². The molecule has 0 fully saturated rings. The number of nitrogens with zero attached hydrogens (tertiary/aromatic N) is 3. The minimum atomic E-state index is -0.235. The minimum Gasteiger partial charge on any atom is -0.244 e. The summed E-state index contributed by atoms with van der Waals surface area (Å²) < 4.78 is 1.36. The maximum Gasteiger partial charge on any atom is 0.361 e. The number of tetrazole rings is 1. The highest BCUT2D eigenvalue weighted by molar-refractivity contribution is 4.98. The average molecular weight is 152 g/mol. The SMILES string of the molecule is O=c1[nH]nnn1C1C=CCC1. The van der Waals surface area contributed by atoms with Crippen molar-refractivity contribution >= 4 is 0 Å². The fourth-order valence-electron chi connectivity index (χ4n) is 1.24. The van der Waals surface area contributed by atoms with Crippen LogP contribution in [0.4, 0.5) is 0 Å². The zero-order valence-corrected chi connectivity index (χ0v) is 5.90. The Labute approximate surface area is 62.7 Å². The maximum atomic E-state index is 11.0. The molecule has 0 saturated heterocycles. The van der Waals surface area contributed by atoms with Crippen LogP contribution in [0.1, 0.15) is 18.9 Å². The molecule has 5 nitrogen and oxygen atoms in total. The summed E-state index contributed by atoms with van der Waals surface area (Å²) in [5.74, 6) is 0. The molecule has 1 aliphatic carbocycles. The molecular weight excluding hydrogens is 144 g/mol. The summed E-state index contributed by atoms with van der Waals surface area (Å²) in [7, 11) is 0. The summed E-state index contributed by atoms with van der Waals surface area (Å²) >= 11 is 0. The van der Waals surface area contributed by atoms with Gasteiger partial charge in [-0.15, -0.1) is 0 Å². The monoisotopic (exact) mass is 152 g/mol. The van der Waals surface area contributed by atoms with Crippen molar-refractivity contribution in [2.45, 2.75) is 18.9 Å². The summed E-state index contributed by atoms with van der Waals surface area (Å²) in [5.41, 5.74) is -0.235. The van der Waals surface area contributed by atoms with Crippen LogP contribution in [0.25, 0.3) is 0 Å². The highest BCUT2D eigenvalue weighted by Gasteiger charge is 2.14. The first-order valence-electron chi connectivity index (χ1n) is 3.54. The third-order valence-electron chi connectivity index (χ3n) is 1.80. The van der Waals surface area contributed by atoms with E-state index in [1.807, 2.05) is 12.2 Å². The third kappa shape index (κ3) is 0.978. The largest absolute Gasteiger partial charge is 0.361 e. The van der Waals surface area contributed by atoms with Crippen molar-refractivity contribution in [1.29, 1.82) is 0 Å². The Kier molecular flexibility index (Phi) is 1.34. The Balaban J connectivity index is 2.35. The van der Waals surface area contributed by atoms with Crippen molar-refractivity contribution in [1.82, 2.24) is 20.2 Å². The third-order valence-corrected chi connectivity index (χ3v) is 1.80. The number of hydrogen-bond donors (Lipinski definition) is 1. The molecule has 1 unspecified atom stereocenters. The summed E-state index contributed by atoms with van der Waals surface area (Å²) in [6, 6.07) is 0.112. The molecule has 1 aliphatic rings.